The number of hydrogen-bond acceptors (Lipinski definition) is 2. The molecule has 1 aliphatic heterocycles. The highest BCUT2D eigenvalue weighted by atomic mass is 35.5. The molecule has 0 saturated carbocycles. The minimum atomic E-state index is -0.0590. The van der Waals surface area contributed by atoms with Gasteiger partial charge in [0.2, 0.25) is 0 Å². The summed E-state index contributed by atoms with van der Waals surface area (Å²) in [7, 11) is 0. The molecule has 2 nitrogen and oxygen atoms in total. The monoisotopic (exact) mass is 290 g/mol. The van der Waals surface area contributed by atoms with E-state index in [9.17, 15) is 4.79 Å². The predicted molar refractivity (Wildman–Crippen MR) is 80.2 cm³/mol. The van der Waals surface area contributed by atoms with Crippen LogP contribution in [0.3, 0.4) is 0 Å². The van der Waals surface area contributed by atoms with Crippen molar-refractivity contribution in [1.29, 1.82) is 0 Å². The van der Waals surface area contributed by atoms with Gasteiger partial charge >= 0.3 is 0 Å². The van der Waals surface area contributed by atoms with Crippen molar-refractivity contribution in [1.82, 2.24) is 0 Å². The Morgan fingerprint density at radius 2 is 1.70 bits per heavy atom. The quantitative estimate of drug-likeness (QED) is 0.818. The Hall–Kier alpha value is -1.12. The Balaban J connectivity index is 1.75. The van der Waals surface area contributed by atoms with Gasteiger partial charge in [0.15, 0.2) is 0 Å². The number of halogens is 1. The molecule has 1 fully saturated rings. The van der Waals surface area contributed by atoms with Crippen LogP contribution < -0.4 is 0 Å². The summed E-state index contributed by atoms with van der Waals surface area (Å²) in [5.74, 6) is 0.813. The molecule has 0 amide bonds. The fraction of sp³-hybridized carbons (Fsp3) is 0.471. The molecule has 1 aromatic rings. The van der Waals surface area contributed by atoms with Crippen molar-refractivity contribution in [3.05, 3.63) is 46.5 Å². The number of rotatable bonds is 2. The third kappa shape index (κ3) is 2.97. The number of hydrogen-bond donors (Lipinski definition) is 0. The van der Waals surface area contributed by atoms with Crippen molar-refractivity contribution >= 4 is 17.4 Å². The van der Waals surface area contributed by atoms with Crippen LogP contribution in [0.25, 0.3) is 0 Å². The normalized spacial score (nSPS) is 24.6. The molecule has 0 aromatic heterocycles. The molecule has 1 aromatic carbocycles. The van der Waals surface area contributed by atoms with Crippen LogP contribution >= 0.6 is 11.6 Å². The number of allylic oxidation sites excluding steroid dienone is 2. The van der Waals surface area contributed by atoms with Gasteiger partial charge in [-0.1, -0.05) is 41.9 Å². The van der Waals surface area contributed by atoms with Crippen LogP contribution in [-0.2, 0) is 9.53 Å². The summed E-state index contributed by atoms with van der Waals surface area (Å²) >= 11 is 6.07. The van der Waals surface area contributed by atoms with Gasteiger partial charge in [0.1, 0.15) is 5.78 Å². The van der Waals surface area contributed by atoms with E-state index in [0.717, 1.165) is 36.7 Å². The Morgan fingerprint density at radius 3 is 2.40 bits per heavy atom. The van der Waals surface area contributed by atoms with E-state index in [4.69, 9.17) is 16.3 Å². The molecule has 1 unspecified atom stereocenters. The average Bonchev–Trinajstić information content (AvgIpc) is 2.51. The number of carbonyl (C=O) groups is 1. The SMILES string of the molecule is O=C1CC=C(Cl)CC1c1ccc(C2CCOCC2)cc1. The van der Waals surface area contributed by atoms with Gasteiger partial charge in [0, 0.05) is 30.6 Å². The minimum Gasteiger partial charge on any atom is -0.381 e. The second kappa shape index (κ2) is 6.11. The van der Waals surface area contributed by atoms with E-state index >= 15 is 0 Å². The van der Waals surface area contributed by atoms with E-state index in [0.29, 0.717) is 18.8 Å². The van der Waals surface area contributed by atoms with Crippen molar-refractivity contribution in [2.45, 2.75) is 37.5 Å². The second-order valence-electron chi connectivity index (χ2n) is 5.63. The van der Waals surface area contributed by atoms with Crippen molar-refractivity contribution in [2.24, 2.45) is 0 Å². The summed E-state index contributed by atoms with van der Waals surface area (Å²) in [6.07, 6.45) is 5.13. The fourth-order valence-corrected chi connectivity index (χ4v) is 3.31. The maximum Gasteiger partial charge on any atom is 0.144 e. The van der Waals surface area contributed by atoms with E-state index in [1.54, 1.807) is 0 Å². The van der Waals surface area contributed by atoms with Crippen molar-refractivity contribution in [3.63, 3.8) is 0 Å². The van der Waals surface area contributed by atoms with E-state index < -0.39 is 0 Å². The van der Waals surface area contributed by atoms with Gasteiger partial charge in [0.05, 0.1) is 0 Å². The average molecular weight is 291 g/mol. The molecule has 0 bridgehead atoms. The van der Waals surface area contributed by atoms with Gasteiger partial charge in [-0.15, -0.1) is 0 Å². The van der Waals surface area contributed by atoms with Crippen molar-refractivity contribution < 1.29 is 9.53 Å². The summed E-state index contributed by atoms with van der Waals surface area (Å²) in [4.78, 5) is 12.0. The molecule has 106 valence electrons. The van der Waals surface area contributed by atoms with E-state index in [1.165, 1.54) is 5.56 Å². The van der Waals surface area contributed by atoms with Crippen LogP contribution in [-0.4, -0.2) is 19.0 Å². The molecule has 2 aliphatic rings. The van der Waals surface area contributed by atoms with Crippen LogP contribution in [0.15, 0.2) is 35.4 Å². The lowest BCUT2D eigenvalue weighted by Crippen LogP contribution is -2.16. The third-order valence-electron chi connectivity index (χ3n) is 4.34. The van der Waals surface area contributed by atoms with Crippen LogP contribution in [0.5, 0.6) is 0 Å². The van der Waals surface area contributed by atoms with Crippen molar-refractivity contribution in [2.75, 3.05) is 13.2 Å². The molecule has 0 spiro atoms. The molecule has 1 heterocycles. The number of carbonyl (C=O) groups excluding carboxylic acids is 1. The van der Waals surface area contributed by atoms with Crippen LogP contribution in [0, 0.1) is 0 Å². The zero-order valence-electron chi connectivity index (χ0n) is 11.5. The molecule has 1 saturated heterocycles. The second-order valence-corrected chi connectivity index (χ2v) is 6.12. The molecule has 1 atom stereocenters. The maximum absolute atomic E-state index is 12.0. The number of ketones is 1. The lowest BCUT2D eigenvalue weighted by atomic mass is 9.84. The smallest absolute Gasteiger partial charge is 0.144 e. The molecule has 1 aliphatic carbocycles. The largest absolute Gasteiger partial charge is 0.381 e. The molecule has 0 N–H and O–H groups in total. The standard InChI is InChI=1S/C17H19ClO2/c18-15-5-6-17(19)16(11-15)14-3-1-12(2-4-14)13-7-9-20-10-8-13/h1-5,13,16H,6-11H2. The summed E-state index contributed by atoms with van der Waals surface area (Å²) in [6, 6.07) is 8.54. The Labute approximate surface area is 124 Å². The third-order valence-corrected chi connectivity index (χ3v) is 4.65. The zero-order chi connectivity index (χ0) is 13.9. The highest BCUT2D eigenvalue weighted by Crippen LogP contribution is 2.33. The Morgan fingerprint density at radius 1 is 1.05 bits per heavy atom. The van der Waals surface area contributed by atoms with Crippen LogP contribution in [0.1, 0.15) is 48.6 Å². The lowest BCUT2D eigenvalue weighted by molar-refractivity contribution is -0.119. The number of benzene rings is 1. The minimum absolute atomic E-state index is 0.0590. The van der Waals surface area contributed by atoms with Gasteiger partial charge in [-0.2, -0.15) is 0 Å². The van der Waals surface area contributed by atoms with Crippen molar-refractivity contribution in [3.8, 4) is 0 Å². The first-order valence-corrected chi connectivity index (χ1v) is 7.66. The molecule has 3 rings (SSSR count). The Bertz CT molecular complexity index is 512. The lowest BCUT2D eigenvalue weighted by Gasteiger charge is -2.23. The van der Waals surface area contributed by atoms with Gasteiger partial charge in [0.25, 0.3) is 0 Å². The van der Waals surface area contributed by atoms with Gasteiger partial charge < -0.3 is 4.74 Å². The maximum atomic E-state index is 12.0. The van der Waals surface area contributed by atoms with Gasteiger partial charge in [-0.05, 0) is 36.3 Å². The van der Waals surface area contributed by atoms with E-state index in [1.807, 2.05) is 6.08 Å². The molecule has 0 radical (unpaired) electrons. The molecular formula is C17H19ClO2. The highest BCUT2D eigenvalue weighted by Gasteiger charge is 2.24. The first kappa shape index (κ1) is 13.8. The Kier molecular flexibility index (Phi) is 4.23. The summed E-state index contributed by atoms with van der Waals surface area (Å²) < 4.78 is 5.40. The number of ether oxygens (including phenoxy) is 1. The predicted octanol–water partition coefficient (Wildman–Crippen LogP) is 4.15. The summed E-state index contributed by atoms with van der Waals surface area (Å²) in [6.45, 7) is 1.71. The van der Waals surface area contributed by atoms with Gasteiger partial charge in [-0.3, -0.25) is 4.79 Å². The summed E-state index contributed by atoms with van der Waals surface area (Å²) in [5.41, 5.74) is 2.46. The summed E-state index contributed by atoms with van der Waals surface area (Å²) in [5, 5.41) is 0.808. The zero-order valence-corrected chi connectivity index (χ0v) is 12.2. The first-order chi connectivity index (χ1) is 9.74. The van der Waals surface area contributed by atoms with E-state index in [-0.39, 0.29) is 11.7 Å². The van der Waals surface area contributed by atoms with Crippen LogP contribution in [0.2, 0.25) is 0 Å². The van der Waals surface area contributed by atoms with E-state index in [2.05, 4.69) is 24.3 Å². The number of Topliss-reactive ketones (excluding diaryl/α,β-unsaturated/α-hetero) is 1. The first-order valence-electron chi connectivity index (χ1n) is 7.29. The molecular weight excluding hydrogens is 272 g/mol. The highest BCUT2D eigenvalue weighted by molar-refractivity contribution is 6.30. The van der Waals surface area contributed by atoms with Gasteiger partial charge in [-0.25, -0.2) is 0 Å². The molecule has 20 heavy (non-hydrogen) atoms. The van der Waals surface area contributed by atoms with Crippen LogP contribution in [0.4, 0.5) is 0 Å². The molecule has 3 heteroatoms. The topological polar surface area (TPSA) is 26.3 Å². The fourth-order valence-electron chi connectivity index (χ4n) is 3.08.